The number of hydrogen-bond acceptors (Lipinski definition) is 7. The highest BCUT2D eigenvalue weighted by Gasteiger charge is 2.24. The molecule has 28 heavy (non-hydrogen) atoms. The van der Waals surface area contributed by atoms with E-state index in [1.165, 1.54) is 6.26 Å². The van der Waals surface area contributed by atoms with Crippen LogP contribution in [-0.2, 0) is 0 Å². The smallest absolute Gasteiger partial charge is 0.257 e. The Bertz CT molecular complexity index is 1140. The van der Waals surface area contributed by atoms with Crippen LogP contribution in [0.15, 0.2) is 65.5 Å². The third-order valence-corrected chi connectivity index (χ3v) is 4.83. The molecule has 0 atom stereocenters. The second-order valence-electron chi connectivity index (χ2n) is 5.86. The van der Waals surface area contributed by atoms with E-state index in [2.05, 4.69) is 20.3 Å². The van der Waals surface area contributed by atoms with Crippen LogP contribution in [0, 0.1) is 6.92 Å². The number of pyridine rings is 2. The Labute approximate surface area is 164 Å². The van der Waals surface area contributed by atoms with Gasteiger partial charge in [0.25, 0.3) is 5.91 Å². The van der Waals surface area contributed by atoms with Crippen molar-refractivity contribution in [3.8, 4) is 11.5 Å². The van der Waals surface area contributed by atoms with Gasteiger partial charge in [0.05, 0.1) is 6.26 Å². The molecule has 0 spiro atoms. The lowest BCUT2D eigenvalue weighted by atomic mass is 10.1. The molecule has 1 amide bonds. The van der Waals surface area contributed by atoms with E-state index >= 15 is 0 Å². The minimum atomic E-state index is -0.331. The number of hydrogen-bond donors (Lipinski definition) is 1. The molecular weight excluding hydrogens is 376 g/mol. The topological polar surface area (TPSA) is 98.0 Å². The number of nitrogens with one attached hydrogen (secondary N) is 1. The van der Waals surface area contributed by atoms with Crippen LogP contribution in [0.1, 0.15) is 31.4 Å². The SMILES string of the molecule is Cc1cc(C(=O)Nc2nc(-c3ccco3)c(C(=O)c3ccccn3)s2)ccn1. The second kappa shape index (κ2) is 7.53. The van der Waals surface area contributed by atoms with Gasteiger partial charge in [-0.1, -0.05) is 17.4 Å². The largest absolute Gasteiger partial charge is 0.463 e. The average Bonchev–Trinajstić information content (AvgIpc) is 3.38. The summed E-state index contributed by atoms with van der Waals surface area (Å²) in [5.74, 6) is -0.178. The molecule has 0 aliphatic rings. The minimum Gasteiger partial charge on any atom is -0.463 e. The molecule has 0 radical (unpaired) electrons. The molecular formula is C20H14N4O3S. The van der Waals surface area contributed by atoms with E-state index in [-0.39, 0.29) is 11.7 Å². The first-order valence-electron chi connectivity index (χ1n) is 8.36. The van der Waals surface area contributed by atoms with Crippen LogP contribution in [0.4, 0.5) is 5.13 Å². The monoisotopic (exact) mass is 390 g/mol. The van der Waals surface area contributed by atoms with Gasteiger partial charge in [-0.2, -0.15) is 0 Å². The van der Waals surface area contributed by atoms with E-state index in [4.69, 9.17) is 4.42 Å². The Kier molecular flexibility index (Phi) is 4.77. The zero-order valence-electron chi connectivity index (χ0n) is 14.7. The van der Waals surface area contributed by atoms with Crippen molar-refractivity contribution in [3.05, 3.63) is 82.9 Å². The molecule has 1 N–H and O–H groups in total. The van der Waals surface area contributed by atoms with E-state index in [0.717, 1.165) is 17.0 Å². The van der Waals surface area contributed by atoms with Gasteiger partial charge in [0, 0.05) is 23.7 Å². The van der Waals surface area contributed by atoms with E-state index in [0.29, 0.717) is 32.7 Å². The summed E-state index contributed by atoms with van der Waals surface area (Å²) < 4.78 is 5.42. The van der Waals surface area contributed by atoms with E-state index in [9.17, 15) is 9.59 Å². The molecule has 138 valence electrons. The summed E-state index contributed by atoms with van der Waals surface area (Å²) in [6.07, 6.45) is 4.62. The first kappa shape index (κ1) is 17.7. The lowest BCUT2D eigenvalue weighted by molar-refractivity contribution is 0.102. The van der Waals surface area contributed by atoms with Gasteiger partial charge in [-0.3, -0.25) is 24.9 Å². The summed E-state index contributed by atoms with van der Waals surface area (Å²) in [5.41, 5.74) is 1.85. The molecule has 0 aromatic carbocycles. The predicted octanol–water partition coefficient (Wildman–Crippen LogP) is 3.98. The number of carbonyl (C=O) groups is 2. The van der Waals surface area contributed by atoms with Crippen LogP contribution in [0.3, 0.4) is 0 Å². The Hall–Kier alpha value is -3.65. The number of ketones is 1. The van der Waals surface area contributed by atoms with Crippen LogP contribution in [0.2, 0.25) is 0 Å². The van der Waals surface area contributed by atoms with Crippen LogP contribution in [0.5, 0.6) is 0 Å². The maximum Gasteiger partial charge on any atom is 0.257 e. The number of aryl methyl sites for hydroxylation is 1. The van der Waals surface area contributed by atoms with Gasteiger partial charge in [-0.25, -0.2) is 4.98 Å². The van der Waals surface area contributed by atoms with E-state index in [1.54, 1.807) is 61.8 Å². The number of nitrogens with zero attached hydrogens (tertiary/aromatic N) is 3. The Morgan fingerprint density at radius 1 is 1.07 bits per heavy atom. The molecule has 0 aliphatic heterocycles. The highest BCUT2D eigenvalue weighted by molar-refractivity contribution is 7.18. The van der Waals surface area contributed by atoms with Gasteiger partial charge >= 0.3 is 0 Å². The summed E-state index contributed by atoms with van der Waals surface area (Å²) in [6.45, 7) is 1.80. The van der Waals surface area contributed by atoms with Crippen molar-refractivity contribution in [2.75, 3.05) is 5.32 Å². The zero-order valence-corrected chi connectivity index (χ0v) is 15.6. The molecule has 4 aromatic rings. The van der Waals surface area contributed by atoms with Crippen molar-refractivity contribution in [3.63, 3.8) is 0 Å². The van der Waals surface area contributed by atoms with Crippen LogP contribution < -0.4 is 5.32 Å². The maximum atomic E-state index is 12.9. The average molecular weight is 390 g/mol. The van der Waals surface area contributed by atoms with Gasteiger partial charge in [0.15, 0.2) is 10.9 Å². The van der Waals surface area contributed by atoms with Crippen molar-refractivity contribution < 1.29 is 14.0 Å². The highest BCUT2D eigenvalue weighted by atomic mass is 32.1. The molecule has 0 bridgehead atoms. The molecule has 7 nitrogen and oxygen atoms in total. The molecule has 4 rings (SSSR count). The Morgan fingerprint density at radius 3 is 2.68 bits per heavy atom. The van der Waals surface area contributed by atoms with Crippen molar-refractivity contribution in [1.29, 1.82) is 0 Å². The number of thiazole rings is 1. The highest BCUT2D eigenvalue weighted by Crippen LogP contribution is 2.33. The van der Waals surface area contributed by atoms with Gasteiger partial charge in [-0.05, 0) is 43.3 Å². The molecule has 0 saturated carbocycles. The third-order valence-electron chi connectivity index (χ3n) is 3.86. The van der Waals surface area contributed by atoms with Crippen molar-refractivity contribution >= 4 is 28.2 Å². The maximum absolute atomic E-state index is 12.9. The number of aromatic nitrogens is 3. The minimum absolute atomic E-state index is 0.287. The fourth-order valence-electron chi connectivity index (χ4n) is 2.58. The molecule has 0 unspecified atom stereocenters. The van der Waals surface area contributed by atoms with Crippen molar-refractivity contribution in [2.24, 2.45) is 0 Å². The van der Waals surface area contributed by atoms with Crippen molar-refractivity contribution in [2.45, 2.75) is 6.92 Å². The standard InChI is InChI=1S/C20H14N4O3S/c1-12-11-13(7-9-21-12)19(26)24-20-23-16(15-6-4-10-27-15)18(28-20)17(25)14-5-2-3-8-22-14/h2-11H,1H3,(H,23,24,26). The molecule has 8 heteroatoms. The molecule has 0 saturated heterocycles. The van der Waals surface area contributed by atoms with Gasteiger partial charge in [0.2, 0.25) is 5.78 Å². The summed E-state index contributed by atoms with van der Waals surface area (Å²) in [4.78, 5) is 38.4. The predicted molar refractivity (Wildman–Crippen MR) is 104 cm³/mol. The number of furan rings is 1. The first-order chi connectivity index (χ1) is 13.6. The summed E-state index contributed by atoms with van der Waals surface area (Å²) in [7, 11) is 0. The first-order valence-corrected chi connectivity index (χ1v) is 9.18. The Balaban J connectivity index is 1.70. The lowest BCUT2D eigenvalue weighted by Gasteiger charge is -2.01. The molecule has 0 fully saturated rings. The normalized spacial score (nSPS) is 10.6. The number of amides is 1. The van der Waals surface area contributed by atoms with E-state index in [1.807, 2.05) is 0 Å². The van der Waals surface area contributed by atoms with Crippen molar-refractivity contribution in [1.82, 2.24) is 15.0 Å². The number of anilines is 1. The van der Waals surface area contributed by atoms with E-state index < -0.39 is 0 Å². The molecule has 4 aromatic heterocycles. The molecule has 4 heterocycles. The Morgan fingerprint density at radius 2 is 1.96 bits per heavy atom. The summed E-state index contributed by atoms with van der Waals surface area (Å²) in [5, 5.41) is 3.04. The number of carbonyl (C=O) groups excluding carboxylic acids is 2. The quantitative estimate of drug-likeness (QED) is 0.518. The fourth-order valence-corrected chi connectivity index (χ4v) is 3.49. The van der Waals surface area contributed by atoms with Crippen LogP contribution in [-0.4, -0.2) is 26.6 Å². The summed E-state index contributed by atoms with van der Waals surface area (Å²) in [6, 6.07) is 11.8. The van der Waals surface area contributed by atoms with Gasteiger partial charge < -0.3 is 4.42 Å². The molecule has 0 aliphatic carbocycles. The zero-order chi connectivity index (χ0) is 19.5. The lowest BCUT2D eigenvalue weighted by Crippen LogP contribution is -2.12. The van der Waals surface area contributed by atoms with Crippen LogP contribution >= 0.6 is 11.3 Å². The number of rotatable bonds is 5. The third kappa shape index (κ3) is 3.58. The second-order valence-corrected chi connectivity index (χ2v) is 6.86. The van der Waals surface area contributed by atoms with Crippen LogP contribution in [0.25, 0.3) is 11.5 Å². The van der Waals surface area contributed by atoms with Gasteiger partial charge in [0.1, 0.15) is 16.3 Å². The fraction of sp³-hybridized carbons (Fsp3) is 0.0500. The summed E-state index contributed by atoms with van der Waals surface area (Å²) >= 11 is 1.08. The van der Waals surface area contributed by atoms with Gasteiger partial charge in [-0.15, -0.1) is 0 Å².